The molecule has 102 valence electrons. The number of ether oxygens (including phenoxy) is 1. The fraction of sp³-hybridized carbons (Fsp3) is 0.231. The average molecular weight is 270 g/mol. The van der Waals surface area contributed by atoms with Crippen molar-refractivity contribution in [3.8, 4) is 5.88 Å². The summed E-state index contributed by atoms with van der Waals surface area (Å²) in [6, 6.07) is 3.58. The first-order valence-electron chi connectivity index (χ1n) is 6.11. The molecule has 0 atom stereocenters. The van der Waals surface area contributed by atoms with Gasteiger partial charge in [0.25, 0.3) is 0 Å². The van der Waals surface area contributed by atoms with Gasteiger partial charge in [-0.15, -0.1) is 0 Å². The first kappa shape index (κ1) is 12.3. The highest BCUT2D eigenvalue weighted by Gasteiger charge is 2.11. The largest absolute Gasteiger partial charge is 0.481 e. The summed E-state index contributed by atoms with van der Waals surface area (Å²) in [5, 5.41) is 0. The van der Waals surface area contributed by atoms with E-state index in [1.54, 1.807) is 30.1 Å². The molecule has 0 bridgehead atoms. The average Bonchev–Trinajstić information content (AvgIpc) is 2.77. The van der Waals surface area contributed by atoms with Crippen LogP contribution in [0, 0.1) is 6.92 Å². The second-order valence-corrected chi connectivity index (χ2v) is 4.40. The third-order valence-electron chi connectivity index (χ3n) is 2.96. The highest BCUT2D eigenvalue weighted by Crippen LogP contribution is 2.20. The maximum absolute atomic E-state index is 5.95. The number of aromatic nitrogens is 5. The molecule has 0 spiro atoms. The lowest BCUT2D eigenvalue weighted by molar-refractivity contribution is 0.399. The van der Waals surface area contributed by atoms with Gasteiger partial charge in [-0.05, 0) is 13.0 Å². The van der Waals surface area contributed by atoms with Gasteiger partial charge in [-0.1, -0.05) is 0 Å². The van der Waals surface area contributed by atoms with Gasteiger partial charge in [-0.25, -0.2) is 4.98 Å². The first-order valence-corrected chi connectivity index (χ1v) is 6.11. The van der Waals surface area contributed by atoms with Crippen LogP contribution in [-0.2, 0) is 6.54 Å². The molecule has 3 aromatic rings. The predicted octanol–water partition coefficient (Wildman–Crippen LogP) is 1.17. The number of rotatable bonds is 3. The van der Waals surface area contributed by atoms with Gasteiger partial charge in [-0.2, -0.15) is 4.98 Å². The first-order chi connectivity index (χ1) is 9.67. The van der Waals surface area contributed by atoms with Crippen molar-refractivity contribution in [1.29, 1.82) is 0 Å². The van der Waals surface area contributed by atoms with Crippen LogP contribution >= 0.6 is 0 Å². The Bertz CT molecular complexity index is 749. The molecule has 0 amide bonds. The number of aryl methyl sites for hydroxylation is 1. The Morgan fingerprint density at radius 3 is 2.75 bits per heavy atom. The number of pyridine rings is 1. The Balaban J connectivity index is 2.05. The minimum Gasteiger partial charge on any atom is -0.481 e. The van der Waals surface area contributed by atoms with Crippen molar-refractivity contribution in [2.24, 2.45) is 0 Å². The Morgan fingerprint density at radius 2 is 2.05 bits per heavy atom. The molecule has 0 aliphatic rings. The number of hydrogen-bond acceptors (Lipinski definition) is 6. The van der Waals surface area contributed by atoms with Gasteiger partial charge in [0.1, 0.15) is 5.52 Å². The Kier molecular flexibility index (Phi) is 2.94. The number of fused-ring (bicyclic) bond motifs is 1. The van der Waals surface area contributed by atoms with Gasteiger partial charge in [0.05, 0.1) is 31.2 Å². The molecule has 3 aromatic heterocycles. The number of hydrogen-bond donors (Lipinski definition) is 1. The molecule has 0 saturated heterocycles. The molecular formula is C13H14N6O. The van der Waals surface area contributed by atoms with Crippen LogP contribution < -0.4 is 10.5 Å². The quantitative estimate of drug-likeness (QED) is 0.768. The van der Waals surface area contributed by atoms with Crippen molar-refractivity contribution in [2.45, 2.75) is 13.5 Å². The van der Waals surface area contributed by atoms with Gasteiger partial charge in [0.2, 0.25) is 11.8 Å². The van der Waals surface area contributed by atoms with Crippen molar-refractivity contribution >= 4 is 17.1 Å². The molecule has 0 radical (unpaired) electrons. The van der Waals surface area contributed by atoms with E-state index in [1.165, 1.54) is 0 Å². The fourth-order valence-electron chi connectivity index (χ4n) is 1.93. The van der Waals surface area contributed by atoms with Crippen LogP contribution in [0.3, 0.4) is 0 Å². The molecule has 0 aliphatic heterocycles. The summed E-state index contributed by atoms with van der Waals surface area (Å²) in [5.41, 5.74) is 9.01. The van der Waals surface area contributed by atoms with E-state index in [9.17, 15) is 0 Å². The predicted molar refractivity (Wildman–Crippen MR) is 74.4 cm³/mol. The van der Waals surface area contributed by atoms with Gasteiger partial charge in [0, 0.05) is 12.3 Å². The molecule has 0 fully saturated rings. The molecule has 0 unspecified atom stereocenters. The molecule has 0 saturated carbocycles. The van der Waals surface area contributed by atoms with E-state index in [1.807, 2.05) is 13.0 Å². The molecule has 0 aromatic carbocycles. The number of nitrogen functional groups attached to an aromatic ring is 1. The SMILES string of the molecule is COc1ccc2nc(N)n(Cc3cnc(C)cn3)c2n1. The monoisotopic (exact) mass is 270 g/mol. The zero-order valence-corrected chi connectivity index (χ0v) is 11.2. The fourth-order valence-corrected chi connectivity index (χ4v) is 1.93. The smallest absolute Gasteiger partial charge is 0.215 e. The van der Waals surface area contributed by atoms with Crippen LogP contribution in [0.15, 0.2) is 24.5 Å². The van der Waals surface area contributed by atoms with Crippen molar-refractivity contribution in [3.05, 3.63) is 35.9 Å². The van der Waals surface area contributed by atoms with Gasteiger partial charge >= 0.3 is 0 Å². The summed E-state index contributed by atoms with van der Waals surface area (Å²) in [6.45, 7) is 2.36. The summed E-state index contributed by atoms with van der Waals surface area (Å²) in [6.07, 6.45) is 3.44. The minimum absolute atomic E-state index is 0.392. The van der Waals surface area contributed by atoms with Gasteiger partial charge in [-0.3, -0.25) is 14.5 Å². The zero-order chi connectivity index (χ0) is 14.1. The van der Waals surface area contributed by atoms with Gasteiger partial charge < -0.3 is 10.5 Å². The van der Waals surface area contributed by atoms with Crippen LogP contribution in [0.4, 0.5) is 5.95 Å². The van der Waals surface area contributed by atoms with Crippen molar-refractivity contribution in [1.82, 2.24) is 24.5 Å². The van der Waals surface area contributed by atoms with E-state index < -0.39 is 0 Å². The van der Waals surface area contributed by atoms with Crippen LogP contribution in [0.5, 0.6) is 5.88 Å². The van der Waals surface area contributed by atoms with Crippen molar-refractivity contribution in [2.75, 3.05) is 12.8 Å². The zero-order valence-electron chi connectivity index (χ0n) is 11.2. The van der Waals surface area contributed by atoms with Gasteiger partial charge in [0.15, 0.2) is 5.65 Å². The van der Waals surface area contributed by atoms with Crippen molar-refractivity contribution < 1.29 is 4.74 Å². The maximum atomic E-state index is 5.95. The minimum atomic E-state index is 0.392. The third-order valence-corrected chi connectivity index (χ3v) is 2.96. The lowest BCUT2D eigenvalue weighted by atomic mass is 10.4. The highest BCUT2D eigenvalue weighted by molar-refractivity contribution is 5.74. The maximum Gasteiger partial charge on any atom is 0.215 e. The summed E-state index contributed by atoms with van der Waals surface area (Å²) < 4.78 is 6.92. The van der Waals surface area contributed by atoms with Crippen LogP contribution in [0.1, 0.15) is 11.4 Å². The number of imidazole rings is 1. The normalized spacial score (nSPS) is 10.9. The standard InChI is InChI=1S/C13H14N6O/c1-8-5-16-9(6-15-8)7-19-12-10(17-13(19)14)3-4-11(18-12)20-2/h3-6H,7H2,1-2H3,(H2,14,17). The lowest BCUT2D eigenvalue weighted by Gasteiger charge is -2.06. The molecule has 7 nitrogen and oxygen atoms in total. The second-order valence-electron chi connectivity index (χ2n) is 4.40. The van der Waals surface area contributed by atoms with Crippen LogP contribution in [-0.4, -0.2) is 31.6 Å². The molecule has 0 aliphatic carbocycles. The molecule has 3 heterocycles. The summed E-state index contributed by atoms with van der Waals surface area (Å²) in [5.74, 6) is 0.914. The summed E-state index contributed by atoms with van der Waals surface area (Å²) in [4.78, 5) is 17.2. The number of methoxy groups -OCH3 is 1. The van der Waals surface area contributed by atoms with Crippen molar-refractivity contribution in [3.63, 3.8) is 0 Å². The molecule has 7 heteroatoms. The lowest BCUT2D eigenvalue weighted by Crippen LogP contribution is -2.07. The number of nitrogens with zero attached hydrogens (tertiary/aromatic N) is 5. The van der Waals surface area contributed by atoms with E-state index in [0.29, 0.717) is 24.0 Å². The summed E-state index contributed by atoms with van der Waals surface area (Å²) in [7, 11) is 1.57. The van der Waals surface area contributed by atoms with E-state index >= 15 is 0 Å². The third kappa shape index (κ3) is 2.13. The van der Waals surface area contributed by atoms with Crippen LogP contribution in [0.2, 0.25) is 0 Å². The van der Waals surface area contributed by atoms with Crippen LogP contribution in [0.25, 0.3) is 11.2 Å². The molecular weight excluding hydrogens is 256 g/mol. The molecule has 20 heavy (non-hydrogen) atoms. The Hall–Kier alpha value is -2.70. The van der Waals surface area contributed by atoms with E-state index in [2.05, 4.69) is 19.9 Å². The number of anilines is 1. The number of nitrogens with two attached hydrogens (primary N) is 1. The van der Waals surface area contributed by atoms with E-state index in [0.717, 1.165) is 16.9 Å². The Morgan fingerprint density at radius 1 is 1.20 bits per heavy atom. The van der Waals surface area contributed by atoms with E-state index in [-0.39, 0.29) is 0 Å². The second kappa shape index (κ2) is 4.76. The summed E-state index contributed by atoms with van der Waals surface area (Å²) >= 11 is 0. The molecule has 3 rings (SSSR count). The molecule has 2 N–H and O–H groups in total. The van der Waals surface area contributed by atoms with E-state index in [4.69, 9.17) is 10.5 Å². The topological polar surface area (TPSA) is 91.7 Å². The highest BCUT2D eigenvalue weighted by atomic mass is 16.5. The Labute approximate surface area is 115 Å².